The van der Waals surface area contributed by atoms with Gasteiger partial charge < -0.3 is 4.74 Å². The molecular formula is C25H30O2S2. The van der Waals surface area contributed by atoms with Gasteiger partial charge in [0.25, 0.3) is 0 Å². The molecule has 1 aliphatic heterocycles. The molecule has 2 heterocycles. The van der Waals surface area contributed by atoms with Gasteiger partial charge in [-0.15, -0.1) is 11.8 Å². The van der Waals surface area contributed by atoms with Gasteiger partial charge >= 0.3 is 5.97 Å². The summed E-state index contributed by atoms with van der Waals surface area (Å²) >= 11 is 3.43. The first-order chi connectivity index (χ1) is 14.0. The fourth-order valence-electron chi connectivity index (χ4n) is 3.98. The molecule has 0 unspecified atom stereocenters. The molecule has 29 heavy (non-hydrogen) atoms. The Balaban J connectivity index is 1.91. The van der Waals surface area contributed by atoms with Crippen LogP contribution in [0.2, 0.25) is 0 Å². The molecule has 1 aromatic carbocycles. The van der Waals surface area contributed by atoms with Crippen LogP contribution >= 0.6 is 23.1 Å². The number of hydrogen-bond donors (Lipinski definition) is 0. The minimum Gasteiger partial charge on any atom is -0.415 e. The Morgan fingerprint density at radius 3 is 2.62 bits per heavy atom. The van der Waals surface area contributed by atoms with Gasteiger partial charge in [0, 0.05) is 16.9 Å². The lowest BCUT2D eigenvalue weighted by atomic mass is 9.72. The first-order valence-corrected chi connectivity index (χ1v) is 12.5. The van der Waals surface area contributed by atoms with E-state index in [4.69, 9.17) is 4.74 Å². The van der Waals surface area contributed by atoms with Crippen LogP contribution in [0.1, 0.15) is 81.4 Å². The van der Waals surface area contributed by atoms with Crippen LogP contribution in [-0.2, 0) is 16.6 Å². The third-order valence-corrected chi connectivity index (χ3v) is 7.86. The molecule has 2 aromatic rings. The van der Waals surface area contributed by atoms with Crippen molar-refractivity contribution in [1.82, 2.24) is 0 Å². The maximum absolute atomic E-state index is 11.7. The average Bonchev–Trinajstić information content (AvgIpc) is 3.18. The third kappa shape index (κ3) is 4.90. The standard InChI is InChI=1S/C25H30O2S2/c1-5-9-23(26)27-24-13-12-20(29-24)11-10-19-16-21-22(17-18(19)6-2)28-15-14-25(21,7-3)8-4/h12-13,16-17H,5-9,14-15H2,1-4H3. The number of fused-ring (bicyclic) bond motifs is 1. The summed E-state index contributed by atoms with van der Waals surface area (Å²) in [6.07, 6.45) is 5.81. The predicted molar refractivity (Wildman–Crippen MR) is 124 cm³/mol. The van der Waals surface area contributed by atoms with Crippen molar-refractivity contribution in [2.75, 3.05) is 5.75 Å². The Hall–Kier alpha value is -1.70. The van der Waals surface area contributed by atoms with Gasteiger partial charge in [-0.25, -0.2) is 0 Å². The normalized spacial score (nSPS) is 14.6. The number of rotatable bonds is 6. The summed E-state index contributed by atoms with van der Waals surface area (Å²) in [6, 6.07) is 8.51. The second-order valence-corrected chi connectivity index (χ2v) is 9.72. The fraction of sp³-hybridized carbons (Fsp3) is 0.480. The van der Waals surface area contributed by atoms with Crippen molar-refractivity contribution in [2.24, 2.45) is 0 Å². The summed E-state index contributed by atoms with van der Waals surface area (Å²) in [6.45, 7) is 8.80. The number of carbonyl (C=O) groups excluding carboxylic acids is 1. The van der Waals surface area contributed by atoms with Crippen LogP contribution in [-0.4, -0.2) is 11.7 Å². The van der Waals surface area contributed by atoms with E-state index in [1.165, 1.54) is 52.4 Å². The van der Waals surface area contributed by atoms with Crippen molar-refractivity contribution in [2.45, 2.75) is 76.5 Å². The summed E-state index contributed by atoms with van der Waals surface area (Å²) in [4.78, 5) is 14.1. The van der Waals surface area contributed by atoms with Gasteiger partial charge in [-0.2, -0.15) is 0 Å². The summed E-state index contributed by atoms with van der Waals surface area (Å²) < 4.78 is 5.37. The number of carbonyl (C=O) groups is 1. The van der Waals surface area contributed by atoms with Crippen molar-refractivity contribution in [3.05, 3.63) is 45.8 Å². The maximum atomic E-state index is 11.7. The van der Waals surface area contributed by atoms with E-state index in [1.807, 2.05) is 30.8 Å². The second-order valence-electron chi connectivity index (χ2n) is 7.54. The van der Waals surface area contributed by atoms with Gasteiger partial charge in [-0.05, 0) is 78.7 Å². The van der Waals surface area contributed by atoms with E-state index < -0.39 is 0 Å². The topological polar surface area (TPSA) is 26.3 Å². The molecule has 4 heteroatoms. The summed E-state index contributed by atoms with van der Waals surface area (Å²) in [5, 5.41) is 0.626. The Morgan fingerprint density at radius 1 is 1.14 bits per heavy atom. The third-order valence-electron chi connectivity index (χ3n) is 5.92. The highest BCUT2D eigenvalue weighted by Crippen LogP contribution is 2.46. The fourth-order valence-corrected chi connectivity index (χ4v) is 6.07. The quantitative estimate of drug-likeness (QED) is 0.368. The Bertz CT molecular complexity index is 926. The number of aryl methyl sites for hydroxylation is 1. The van der Waals surface area contributed by atoms with E-state index in [9.17, 15) is 4.79 Å². The minimum absolute atomic E-state index is 0.176. The van der Waals surface area contributed by atoms with Crippen LogP contribution in [0.25, 0.3) is 0 Å². The molecule has 154 valence electrons. The van der Waals surface area contributed by atoms with Gasteiger partial charge in [0.05, 0.1) is 4.88 Å². The predicted octanol–water partition coefficient (Wildman–Crippen LogP) is 6.97. The van der Waals surface area contributed by atoms with Crippen LogP contribution in [0.5, 0.6) is 5.06 Å². The van der Waals surface area contributed by atoms with Crippen molar-refractivity contribution in [3.8, 4) is 16.9 Å². The molecule has 1 aromatic heterocycles. The van der Waals surface area contributed by atoms with Gasteiger partial charge in [0.1, 0.15) is 0 Å². The van der Waals surface area contributed by atoms with Crippen LogP contribution < -0.4 is 4.74 Å². The molecule has 0 saturated heterocycles. The zero-order valence-electron chi connectivity index (χ0n) is 17.9. The van der Waals surface area contributed by atoms with Gasteiger partial charge in [0.15, 0.2) is 5.06 Å². The molecule has 0 aliphatic carbocycles. The molecule has 1 aliphatic rings. The van der Waals surface area contributed by atoms with E-state index in [-0.39, 0.29) is 11.4 Å². The Morgan fingerprint density at radius 2 is 1.93 bits per heavy atom. The smallest absolute Gasteiger partial charge is 0.311 e. The molecule has 3 rings (SSSR count). The van der Waals surface area contributed by atoms with Crippen LogP contribution in [0.3, 0.4) is 0 Å². The first-order valence-electron chi connectivity index (χ1n) is 10.7. The molecule has 0 fully saturated rings. The number of hydrogen-bond acceptors (Lipinski definition) is 4. The lowest BCUT2D eigenvalue weighted by Gasteiger charge is -2.38. The lowest BCUT2D eigenvalue weighted by molar-refractivity contribution is -0.134. The average molecular weight is 427 g/mol. The van der Waals surface area contributed by atoms with E-state index in [2.05, 4.69) is 44.7 Å². The highest BCUT2D eigenvalue weighted by atomic mass is 32.2. The molecule has 0 amide bonds. The highest BCUT2D eigenvalue weighted by molar-refractivity contribution is 7.99. The van der Waals surface area contributed by atoms with Crippen LogP contribution in [0, 0.1) is 11.8 Å². The minimum atomic E-state index is -0.176. The van der Waals surface area contributed by atoms with Gasteiger partial charge in [-0.1, -0.05) is 50.9 Å². The summed E-state index contributed by atoms with van der Waals surface area (Å²) in [5.41, 5.74) is 4.23. The van der Waals surface area contributed by atoms with Crippen molar-refractivity contribution < 1.29 is 9.53 Å². The molecule has 0 bridgehead atoms. The number of thiophene rings is 1. The van der Waals surface area contributed by atoms with Gasteiger partial charge in [-0.3, -0.25) is 4.79 Å². The molecular weight excluding hydrogens is 396 g/mol. The lowest BCUT2D eigenvalue weighted by Crippen LogP contribution is -2.29. The summed E-state index contributed by atoms with van der Waals surface area (Å²) in [5.74, 6) is 7.75. The molecule has 0 spiro atoms. The van der Waals surface area contributed by atoms with Crippen molar-refractivity contribution >= 4 is 29.1 Å². The van der Waals surface area contributed by atoms with E-state index >= 15 is 0 Å². The zero-order chi connectivity index (χ0) is 20.9. The van der Waals surface area contributed by atoms with Crippen LogP contribution in [0.15, 0.2) is 29.2 Å². The number of benzene rings is 1. The molecule has 0 N–H and O–H groups in total. The Labute approximate surface area is 183 Å². The monoisotopic (exact) mass is 426 g/mol. The molecule has 2 nitrogen and oxygen atoms in total. The second kappa shape index (κ2) is 9.87. The van der Waals surface area contributed by atoms with Crippen molar-refractivity contribution in [3.63, 3.8) is 0 Å². The number of thioether (sulfide) groups is 1. The largest absolute Gasteiger partial charge is 0.415 e. The number of esters is 1. The highest BCUT2D eigenvalue weighted by Gasteiger charge is 2.34. The van der Waals surface area contributed by atoms with E-state index in [0.29, 0.717) is 11.5 Å². The molecule has 0 radical (unpaired) electrons. The summed E-state index contributed by atoms with van der Waals surface area (Å²) in [7, 11) is 0. The van der Waals surface area contributed by atoms with Crippen molar-refractivity contribution in [1.29, 1.82) is 0 Å². The van der Waals surface area contributed by atoms with E-state index in [1.54, 1.807) is 0 Å². The maximum Gasteiger partial charge on any atom is 0.311 e. The SMILES string of the molecule is CCCC(=O)Oc1ccc(C#Cc2cc3c(cc2CC)SCCC3(CC)CC)s1. The van der Waals surface area contributed by atoms with Crippen LogP contribution in [0.4, 0.5) is 0 Å². The van der Waals surface area contributed by atoms with E-state index in [0.717, 1.165) is 23.3 Å². The van der Waals surface area contributed by atoms with Gasteiger partial charge in [0.2, 0.25) is 0 Å². The first kappa shape index (κ1) is 22.0. The number of ether oxygens (including phenoxy) is 1. The zero-order valence-corrected chi connectivity index (χ0v) is 19.5. The molecule has 0 saturated carbocycles. The molecule has 0 atom stereocenters. The Kier molecular flexibility index (Phi) is 7.49.